The van der Waals surface area contributed by atoms with Crippen LogP contribution >= 0.6 is 0 Å². The first-order chi connectivity index (χ1) is 14.0. The Morgan fingerprint density at radius 1 is 1.14 bits per heavy atom. The van der Waals surface area contributed by atoms with Crippen LogP contribution in [0.5, 0.6) is 0 Å². The molecule has 0 unspecified atom stereocenters. The van der Waals surface area contributed by atoms with Gasteiger partial charge in [-0.25, -0.2) is 0 Å². The summed E-state index contributed by atoms with van der Waals surface area (Å²) < 4.78 is 6.29. The number of terminal acetylenes is 1. The minimum Gasteiger partial charge on any atom is -0.445 e. The van der Waals surface area contributed by atoms with Crippen LogP contribution in [0.1, 0.15) is 84.0 Å². The summed E-state index contributed by atoms with van der Waals surface area (Å²) in [6, 6.07) is 0. The molecule has 0 aliphatic heterocycles. The molecule has 3 heteroatoms. The predicted molar refractivity (Wildman–Crippen MR) is 112 cm³/mol. The molecule has 3 nitrogen and oxygen atoms in total. The van der Waals surface area contributed by atoms with Crippen LogP contribution in [0, 0.1) is 47.3 Å². The van der Waals surface area contributed by atoms with Gasteiger partial charge in [-0.15, -0.1) is 6.42 Å². The monoisotopic (exact) mass is 394 g/mol. The average molecular weight is 395 g/mol. The average Bonchev–Trinajstić information content (AvgIpc) is 3.01. The van der Waals surface area contributed by atoms with Crippen molar-refractivity contribution in [1.29, 1.82) is 0 Å². The number of hydrogen-bond acceptors (Lipinski definition) is 3. The Labute approximate surface area is 175 Å². The lowest BCUT2D eigenvalue weighted by Gasteiger charge is -2.56. The molecule has 0 amide bonds. The number of esters is 1. The summed E-state index contributed by atoms with van der Waals surface area (Å²) in [4.78, 5) is 24.7. The molecule has 0 spiro atoms. The molecule has 0 bridgehead atoms. The fourth-order valence-electron chi connectivity index (χ4n) is 8.02. The molecular formula is C26H34O3. The Bertz CT molecular complexity index is 784. The molecule has 0 saturated heterocycles. The van der Waals surface area contributed by atoms with Gasteiger partial charge in [0.25, 0.3) is 0 Å². The van der Waals surface area contributed by atoms with Gasteiger partial charge >= 0.3 is 5.97 Å². The smallest absolute Gasteiger partial charge is 0.310 e. The van der Waals surface area contributed by atoms with Crippen LogP contribution in [0.2, 0.25) is 0 Å². The highest BCUT2D eigenvalue weighted by atomic mass is 16.6. The molecule has 156 valence electrons. The summed E-state index contributed by atoms with van der Waals surface area (Å²) in [6.45, 7) is 2.26. The predicted octanol–water partition coefficient (Wildman–Crippen LogP) is 5.23. The highest BCUT2D eigenvalue weighted by Crippen LogP contribution is 2.67. The van der Waals surface area contributed by atoms with Crippen molar-refractivity contribution < 1.29 is 14.3 Å². The van der Waals surface area contributed by atoms with Gasteiger partial charge in [0, 0.05) is 11.8 Å². The summed E-state index contributed by atoms with van der Waals surface area (Å²) in [6.07, 6.45) is 20.3. The van der Waals surface area contributed by atoms with E-state index < -0.39 is 5.60 Å². The maximum absolute atomic E-state index is 12.8. The Morgan fingerprint density at radius 3 is 2.66 bits per heavy atom. The molecule has 0 aromatic carbocycles. The van der Waals surface area contributed by atoms with Crippen LogP contribution < -0.4 is 0 Å². The molecule has 5 rings (SSSR count). The summed E-state index contributed by atoms with van der Waals surface area (Å²) in [5.74, 6) is 5.92. The Kier molecular flexibility index (Phi) is 4.68. The summed E-state index contributed by atoms with van der Waals surface area (Å²) in [7, 11) is 0. The van der Waals surface area contributed by atoms with Gasteiger partial charge in [0.1, 0.15) is 0 Å². The van der Waals surface area contributed by atoms with Crippen LogP contribution in [-0.4, -0.2) is 17.4 Å². The molecule has 0 aromatic rings. The number of hydrogen-bond donors (Lipinski definition) is 0. The molecule has 0 radical (unpaired) electrons. The molecular weight excluding hydrogens is 360 g/mol. The van der Waals surface area contributed by atoms with Gasteiger partial charge in [0.05, 0.1) is 5.92 Å². The van der Waals surface area contributed by atoms with Crippen molar-refractivity contribution in [2.24, 2.45) is 35.0 Å². The largest absolute Gasteiger partial charge is 0.445 e. The fourth-order valence-corrected chi connectivity index (χ4v) is 8.02. The lowest BCUT2D eigenvalue weighted by Crippen LogP contribution is -2.55. The molecule has 4 saturated carbocycles. The molecule has 6 atom stereocenters. The zero-order valence-corrected chi connectivity index (χ0v) is 17.8. The van der Waals surface area contributed by atoms with Crippen LogP contribution in [0.25, 0.3) is 0 Å². The number of ether oxygens (including phenoxy) is 1. The third kappa shape index (κ3) is 2.70. The summed E-state index contributed by atoms with van der Waals surface area (Å²) in [5, 5.41) is 0. The van der Waals surface area contributed by atoms with Crippen molar-refractivity contribution in [3.63, 3.8) is 0 Å². The van der Waals surface area contributed by atoms with E-state index in [0.717, 1.165) is 64.2 Å². The van der Waals surface area contributed by atoms with E-state index in [1.807, 2.05) is 6.08 Å². The van der Waals surface area contributed by atoms with E-state index in [9.17, 15) is 9.59 Å². The standard InChI is InChI=1S/C26H34O3/c1-3-25-14-12-21-20-11-9-19(27)16-18(20)8-10-22(21)23(25)13-15-26(25,4-2)29-24(28)17-6-5-7-17/h2,16-17,20-23H,3,5-15H2,1H3/t20-,21+,22+,23-,25-,26+/m0/s1. The third-order valence-corrected chi connectivity index (χ3v) is 9.70. The Hall–Kier alpha value is -1.56. The van der Waals surface area contributed by atoms with Crippen molar-refractivity contribution >= 4 is 11.8 Å². The number of ketones is 1. The van der Waals surface area contributed by atoms with Crippen molar-refractivity contribution in [2.75, 3.05) is 0 Å². The SMILES string of the molecule is C#C[C@@]1(OC(=O)C2CCC2)CC[C@H]2[C@@H]3CCC4=CC(=O)CC[C@@H]4[C@H]3CC[C@@]21CC. The second kappa shape index (κ2) is 7.00. The van der Waals surface area contributed by atoms with Crippen molar-refractivity contribution in [3.05, 3.63) is 11.6 Å². The van der Waals surface area contributed by atoms with Gasteiger partial charge in [-0.2, -0.15) is 0 Å². The van der Waals surface area contributed by atoms with Crippen molar-refractivity contribution in [3.8, 4) is 12.3 Å². The quantitative estimate of drug-likeness (QED) is 0.486. The molecule has 29 heavy (non-hydrogen) atoms. The molecule has 0 N–H and O–H groups in total. The Balaban J connectivity index is 1.44. The van der Waals surface area contributed by atoms with Gasteiger partial charge in [0.2, 0.25) is 0 Å². The van der Waals surface area contributed by atoms with Crippen molar-refractivity contribution in [1.82, 2.24) is 0 Å². The summed E-state index contributed by atoms with van der Waals surface area (Å²) >= 11 is 0. The summed E-state index contributed by atoms with van der Waals surface area (Å²) in [5.41, 5.74) is 0.653. The van der Waals surface area contributed by atoms with E-state index in [1.54, 1.807) is 0 Å². The molecule has 4 fully saturated rings. The first-order valence-electron chi connectivity index (χ1n) is 12.0. The van der Waals surface area contributed by atoms with Gasteiger partial charge < -0.3 is 4.74 Å². The minimum absolute atomic E-state index is 0.0375. The molecule has 5 aliphatic carbocycles. The molecule has 5 aliphatic rings. The van der Waals surface area contributed by atoms with Gasteiger partial charge in [-0.05, 0) is 94.0 Å². The van der Waals surface area contributed by atoms with Crippen molar-refractivity contribution in [2.45, 2.75) is 89.6 Å². The normalized spacial score (nSPS) is 43.9. The van der Waals surface area contributed by atoms with E-state index in [2.05, 4.69) is 12.8 Å². The topological polar surface area (TPSA) is 43.4 Å². The number of fused-ring (bicyclic) bond motifs is 5. The number of carbonyl (C=O) groups is 2. The Morgan fingerprint density at radius 2 is 1.97 bits per heavy atom. The minimum atomic E-state index is -0.706. The number of rotatable bonds is 3. The van der Waals surface area contributed by atoms with E-state index in [0.29, 0.717) is 35.9 Å². The maximum Gasteiger partial charge on any atom is 0.310 e. The zero-order chi connectivity index (χ0) is 20.2. The van der Waals surface area contributed by atoms with Crippen LogP contribution in [0.15, 0.2) is 11.6 Å². The third-order valence-electron chi connectivity index (χ3n) is 9.70. The lowest BCUT2D eigenvalue weighted by molar-refractivity contribution is -0.180. The van der Waals surface area contributed by atoms with Crippen LogP contribution in [-0.2, 0) is 14.3 Å². The molecule has 0 aromatic heterocycles. The molecule has 0 heterocycles. The first-order valence-corrected chi connectivity index (χ1v) is 12.0. The van der Waals surface area contributed by atoms with Gasteiger partial charge in [0.15, 0.2) is 11.4 Å². The maximum atomic E-state index is 12.8. The fraction of sp³-hybridized carbons (Fsp3) is 0.769. The second-order valence-electron chi connectivity index (χ2n) is 10.4. The highest BCUT2D eigenvalue weighted by molar-refractivity contribution is 5.91. The first kappa shape index (κ1) is 19.4. The van der Waals surface area contributed by atoms with Crippen LogP contribution in [0.3, 0.4) is 0 Å². The lowest BCUT2D eigenvalue weighted by atomic mass is 9.49. The van der Waals surface area contributed by atoms with Gasteiger partial charge in [-0.3, -0.25) is 9.59 Å². The second-order valence-corrected chi connectivity index (χ2v) is 10.4. The van der Waals surface area contributed by atoms with E-state index in [4.69, 9.17) is 11.2 Å². The van der Waals surface area contributed by atoms with E-state index in [1.165, 1.54) is 12.0 Å². The van der Waals surface area contributed by atoms with Crippen LogP contribution in [0.4, 0.5) is 0 Å². The number of carbonyl (C=O) groups excluding carboxylic acids is 2. The number of allylic oxidation sites excluding steroid dienone is 1. The van der Waals surface area contributed by atoms with Gasteiger partial charge in [-0.1, -0.05) is 24.8 Å². The highest BCUT2D eigenvalue weighted by Gasteiger charge is 2.66. The van der Waals surface area contributed by atoms with E-state index in [-0.39, 0.29) is 17.3 Å². The van der Waals surface area contributed by atoms with E-state index >= 15 is 0 Å². The zero-order valence-electron chi connectivity index (χ0n) is 17.8.